The van der Waals surface area contributed by atoms with E-state index in [1.165, 1.54) is 0 Å². The van der Waals surface area contributed by atoms with Crippen LogP contribution in [0.3, 0.4) is 0 Å². The van der Waals surface area contributed by atoms with Crippen molar-refractivity contribution in [3.63, 3.8) is 0 Å². The zero-order chi connectivity index (χ0) is 4.83. The van der Waals surface area contributed by atoms with Gasteiger partial charge in [0.05, 0.1) is 0 Å². The van der Waals surface area contributed by atoms with E-state index in [1.54, 1.807) is 0 Å². The van der Waals surface area contributed by atoms with Crippen LogP contribution in [0.5, 0.6) is 0 Å². The molecule has 0 unspecified atom stereocenters. The SMILES string of the molecule is CCC#CCC.Cl. The van der Waals surface area contributed by atoms with Gasteiger partial charge in [-0.15, -0.1) is 24.2 Å². The Bertz CT molecular complexity index is 58.0. The van der Waals surface area contributed by atoms with Crippen LogP contribution in [0.25, 0.3) is 0 Å². The van der Waals surface area contributed by atoms with Crippen LogP contribution in [-0.2, 0) is 0 Å². The fraction of sp³-hybridized carbons (Fsp3) is 0.667. The summed E-state index contributed by atoms with van der Waals surface area (Å²) in [6.45, 7) is 4.12. The third kappa shape index (κ3) is 10.7. The van der Waals surface area contributed by atoms with Gasteiger partial charge in [-0.25, -0.2) is 0 Å². The van der Waals surface area contributed by atoms with Crippen molar-refractivity contribution < 1.29 is 0 Å². The molecule has 0 aliphatic heterocycles. The summed E-state index contributed by atoms with van der Waals surface area (Å²) in [4.78, 5) is 0. The molecule has 0 saturated heterocycles. The highest BCUT2D eigenvalue weighted by Crippen LogP contribution is 1.69. The Morgan fingerprint density at radius 2 is 1.29 bits per heavy atom. The molecule has 0 aliphatic carbocycles. The highest BCUT2D eigenvalue weighted by Gasteiger charge is 1.56. The average molecular weight is 119 g/mol. The van der Waals surface area contributed by atoms with Gasteiger partial charge in [0.15, 0.2) is 0 Å². The number of hydrogen-bond donors (Lipinski definition) is 0. The van der Waals surface area contributed by atoms with Crippen LogP contribution >= 0.6 is 12.4 Å². The van der Waals surface area contributed by atoms with E-state index in [1.807, 2.05) is 0 Å². The topological polar surface area (TPSA) is 0 Å². The fourth-order valence-electron chi connectivity index (χ4n) is 0.250. The van der Waals surface area contributed by atoms with Crippen LogP contribution in [0.1, 0.15) is 26.7 Å². The van der Waals surface area contributed by atoms with Crippen molar-refractivity contribution in [3.05, 3.63) is 0 Å². The molecule has 0 aromatic carbocycles. The Morgan fingerprint density at radius 3 is 1.43 bits per heavy atom. The molecule has 0 rings (SSSR count). The number of halogens is 1. The van der Waals surface area contributed by atoms with E-state index < -0.39 is 0 Å². The molecule has 0 radical (unpaired) electrons. The lowest BCUT2D eigenvalue weighted by atomic mass is 10.4. The molecule has 7 heavy (non-hydrogen) atoms. The Kier molecular flexibility index (Phi) is 13.2. The van der Waals surface area contributed by atoms with E-state index in [-0.39, 0.29) is 12.4 Å². The molecule has 0 bridgehead atoms. The molecule has 0 nitrogen and oxygen atoms in total. The van der Waals surface area contributed by atoms with E-state index in [9.17, 15) is 0 Å². The molecule has 0 heterocycles. The summed E-state index contributed by atoms with van der Waals surface area (Å²) in [6, 6.07) is 0. The van der Waals surface area contributed by atoms with Gasteiger partial charge >= 0.3 is 0 Å². The van der Waals surface area contributed by atoms with Crippen LogP contribution in [0.2, 0.25) is 0 Å². The molecule has 0 saturated carbocycles. The Balaban J connectivity index is 0. The predicted molar refractivity (Wildman–Crippen MR) is 35.6 cm³/mol. The summed E-state index contributed by atoms with van der Waals surface area (Å²) in [7, 11) is 0. The minimum atomic E-state index is 0. The largest absolute Gasteiger partial charge is 0.147 e. The van der Waals surface area contributed by atoms with Gasteiger partial charge in [-0.1, -0.05) is 13.8 Å². The molecule has 0 aliphatic rings. The molecule has 42 valence electrons. The molecule has 1 heteroatoms. The summed E-state index contributed by atoms with van der Waals surface area (Å²) in [5.41, 5.74) is 0. The number of rotatable bonds is 0. The van der Waals surface area contributed by atoms with Crippen molar-refractivity contribution in [1.82, 2.24) is 0 Å². The summed E-state index contributed by atoms with van der Waals surface area (Å²) < 4.78 is 0. The molecule has 0 spiro atoms. The van der Waals surface area contributed by atoms with Gasteiger partial charge in [-0.05, 0) is 0 Å². The molecule has 0 fully saturated rings. The minimum Gasteiger partial charge on any atom is -0.147 e. The lowest BCUT2D eigenvalue weighted by Gasteiger charge is -1.65. The van der Waals surface area contributed by atoms with Crippen LogP contribution in [0.4, 0.5) is 0 Å². The smallest absolute Gasteiger partial charge is 0.00602 e. The van der Waals surface area contributed by atoms with Crippen molar-refractivity contribution in [2.24, 2.45) is 0 Å². The molecular formula is C6H11Cl. The van der Waals surface area contributed by atoms with E-state index in [4.69, 9.17) is 0 Å². The minimum absolute atomic E-state index is 0. The predicted octanol–water partition coefficient (Wildman–Crippen LogP) is 2.23. The Morgan fingerprint density at radius 1 is 1.00 bits per heavy atom. The molecule has 0 atom stereocenters. The first-order chi connectivity index (χ1) is 2.91. The van der Waals surface area contributed by atoms with Gasteiger partial charge in [0.25, 0.3) is 0 Å². The van der Waals surface area contributed by atoms with E-state index >= 15 is 0 Å². The maximum Gasteiger partial charge on any atom is 0.00602 e. The lowest BCUT2D eigenvalue weighted by Crippen LogP contribution is -1.52. The second-order valence-corrected chi connectivity index (χ2v) is 1.06. The maximum atomic E-state index is 2.95. The van der Waals surface area contributed by atoms with Gasteiger partial charge in [0.2, 0.25) is 0 Å². The maximum absolute atomic E-state index is 2.95. The Labute approximate surface area is 51.7 Å². The monoisotopic (exact) mass is 118 g/mol. The fourth-order valence-corrected chi connectivity index (χ4v) is 0.250. The van der Waals surface area contributed by atoms with Crippen molar-refractivity contribution in [2.45, 2.75) is 26.7 Å². The van der Waals surface area contributed by atoms with E-state index in [2.05, 4.69) is 25.7 Å². The van der Waals surface area contributed by atoms with Gasteiger partial charge in [0, 0.05) is 12.8 Å². The number of hydrogen-bond acceptors (Lipinski definition) is 0. The second kappa shape index (κ2) is 9.28. The zero-order valence-electron chi connectivity index (χ0n) is 4.82. The van der Waals surface area contributed by atoms with Crippen LogP contribution in [0.15, 0.2) is 0 Å². The quantitative estimate of drug-likeness (QED) is 0.428. The standard InChI is InChI=1S/C6H10.ClH/c1-3-5-6-4-2;/h3-4H2,1-2H3;1H. The van der Waals surface area contributed by atoms with Gasteiger partial charge in [-0.3, -0.25) is 0 Å². The normalized spacial score (nSPS) is 5.43. The first kappa shape index (κ1) is 9.97. The molecular weight excluding hydrogens is 108 g/mol. The van der Waals surface area contributed by atoms with E-state index in [0.29, 0.717) is 0 Å². The lowest BCUT2D eigenvalue weighted by molar-refractivity contribution is 1.23. The Hall–Kier alpha value is -0.150. The van der Waals surface area contributed by atoms with Gasteiger partial charge in [0.1, 0.15) is 0 Å². The van der Waals surface area contributed by atoms with Crippen molar-refractivity contribution >= 4 is 12.4 Å². The van der Waals surface area contributed by atoms with Crippen molar-refractivity contribution in [1.29, 1.82) is 0 Å². The van der Waals surface area contributed by atoms with Crippen LogP contribution < -0.4 is 0 Å². The van der Waals surface area contributed by atoms with Gasteiger partial charge < -0.3 is 0 Å². The third-order valence-electron chi connectivity index (χ3n) is 0.479. The highest BCUT2D eigenvalue weighted by atomic mass is 35.5. The average Bonchev–Trinajstić information content (AvgIpc) is 1.61. The highest BCUT2D eigenvalue weighted by molar-refractivity contribution is 5.85. The van der Waals surface area contributed by atoms with Crippen LogP contribution in [-0.4, -0.2) is 0 Å². The molecule has 0 aromatic heterocycles. The van der Waals surface area contributed by atoms with Crippen molar-refractivity contribution in [3.8, 4) is 11.8 Å². The summed E-state index contributed by atoms with van der Waals surface area (Å²) in [5.74, 6) is 5.90. The summed E-state index contributed by atoms with van der Waals surface area (Å²) >= 11 is 0. The molecule has 0 amide bonds. The summed E-state index contributed by atoms with van der Waals surface area (Å²) in [6.07, 6.45) is 1.99. The van der Waals surface area contributed by atoms with Crippen LogP contribution in [0, 0.1) is 11.8 Å². The first-order valence-corrected chi connectivity index (χ1v) is 2.37. The second-order valence-electron chi connectivity index (χ2n) is 1.06. The zero-order valence-corrected chi connectivity index (χ0v) is 5.64. The first-order valence-electron chi connectivity index (χ1n) is 2.37. The molecule has 0 N–H and O–H groups in total. The third-order valence-corrected chi connectivity index (χ3v) is 0.479. The van der Waals surface area contributed by atoms with E-state index in [0.717, 1.165) is 12.8 Å². The summed E-state index contributed by atoms with van der Waals surface area (Å²) in [5, 5.41) is 0. The van der Waals surface area contributed by atoms with Crippen molar-refractivity contribution in [2.75, 3.05) is 0 Å². The van der Waals surface area contributed by atoms with Gasteiger partial charge in [-0.2, -0.15) is 0 Å². The molecule has 0 aromatic rings.